The SMILES string of the molecule is Cc1nnc2ccc(N3CC(N(C)CCc4nccn4C)C3)nn12. The van der Waals surface area contributed by atoms with Gasteiger partial charge in [-0.1, -0.05) is 0 Å². The highest BCUT2D eigenvalue weighted by molar-refractivity contribution is 5.47. The maximum Gasteiger partial charge on any atom is 0.178 e. The standard InChI is InChI=1S/C16H22N8/c1-12-18-19-15-4-5-16(20-24(12)15)23-10-13(11-23)21(2)8-6-14-17-7-9-22(14)3/h4-5,7,9,13H,6,8,10-11H2,1-3H3. The Labute approximate surface area is 140 Å². The molecule has 1 fully saturated rings. The van der Waals surface area contributed by atoms with E-state index < -0.39 is 0 Å². The number of hydrogen-bond acceptors (Lipinski definition) is 6. The summed E-state index contributed by atoms with van der Waals surface area (Å²) in [5, 5.41) is 12.8. The molecule has 1 saturated heterocycles. The van der Waals surface area contributed by atoms with Gasteiger partial charge in [-0.05, 0) is 26.1 Å². The first-order valence-corrected chi connectivity index (χ1v) is 8.22. The van der Waals surface area contributed by atoms with Gasteiger partial charge in [-0.2, -0.15) is 4.52 Å². The Bertz CT molecular complexity index is 845. The molecule has 0 unspecified atom stereocenters. The minimum Gasteiger partial charge on any atom is -0.352 e. The number of fused-ring (bicyclic) bond motifs is 1. The Morgan fingerprint density at radius 1 is 1.25 bits per heavy atom. The Kier molecular flexibility index (Phi) is 3.68. The fourth-order valence-corrected chi connectivity index (χ4v) is 3.07. The predicted molar refractivity (Wildman–Crippen MR) is 91.1 cm³/mol. The van der Waals surface area contributed by atoms with Gasteiger partial charge in [0.05, 0.1) is 0 Å². The van der Waals surface area contributed by atoms with Crippen LogP contribution in [0, 0.1) is 6.92 Å². The molecule has 0 aromatic carbocycles. The minimum atomic E-state index is 0.560. The van der Waals surface area contributed by atoms with Crippen molar-refractivity contribution in [3.05, 3.63) is 36.2 Å². The molecule has 1 aliphatic heterocycles. The van der Waals surface area contributed by atoms with Gasteiger partial charge in [0.25, 0.3) is 0 Å². The van der Waals surface area contributed by atoms with E-state index in [1.54, 1.807) is 4.52 Å². The van der Waals surface area contributed by atoms with Gasteiger partial charge in [-0.25, -0.2) is 4.98 Å². The number of anilines is 1. The fourth-order valence-electron chi connectivity index (χ4n) is 3.07. The van der Waals surface area contributed by atoms with Crippen molar-refractivity contribution >= 4 is 11.5 Å². The van der Waals surface area contributed by atoms with E-state index in [1.807, 2.05) is 38.5 Å². The summed E-state index contributed by atoms with van der Waals surface area (Å²) in [4.78, 5) is 9.09. The molecule has 0 atom stereocenters. The minimum absolute atomic E-state index is 0.560. The molecule has 3 aromatic heterocycles. The molecule has 8 nitrogen and oxygen atoms in total. The second-order valence-electron chi connectivity index (χ2n) is 6.45. The van der Waals surface area contributed by atoms with Crippen LogP contribution in [0.4, 0.5) is 5.82 Å². The first-order chi connectivity index (χ1) is 11.6. The maximum atomic E-state index is 4.63. The topological polar surface area (TPSA) is 67.4 Å². The summed E-state index contributed by atoms with van der Waals surface area (Å²) < 4.78 is 3.88. The van der Waals surface area contributed by atoms with Crippen LogP contribution in [-0.4, -0.2) is 67.0 Å². The third-order valence-corrected chi connectivity index (χ3v) is 4.82. The summed E-state index contributed by atoms with van der Waals surface area (Å²) >= 11 is 0. The van der Waals surface area contributed by atoms with Crippen LogP contribution >= 0.6 is 0 Å². The van der Waals surface area contributed by atoms with Gasteiger partial charge in [0, 0.05) is 51.5 Å². The molecule has 8 heteroatoms. The molecular formula is C16H22N8. The summed E-state index contributed by atoms with van der Waals surface area (Å²) in [6.45, 7) is 4.93. The van der Waals surface area contributed by atoms with E-state index in [9.17, 15) is 0 Å². The summed E-state index contributed by atoms with van der Waals surface area (Å²) in [6.07, 6.45) is 4.82. The predicted octanol–water partition coefficient (Wildman–Crippen LogP) is 0.529. The van der Waals surface area contributed by atoms with E-state index in [1.165, 1.54) is 0 Å². The second-order valence-corrected chi connectivity index (χ2v) is 6.45. The van der Waals surface area contributed by atoms with Crippen molar-refractivity contribution in [1.29, 1.82) is 0 Å². The molecular weight excluding hydrogens is 304 g/mol. The van der Waals surface area contributed by atoms with E-state index >= 15 is 0 Å². The molecule has 0 amide bonds. The number of hydrogen-bond donors (Lipinski definition) is 0. The molecule has 0 saturated carbocycles. The first-order valence-electron chi connectivity index (χ1n) is 8.22. The Balaban J connectivity index is 1.34. The molecule has 0 aliphatic carbocycles. The van der Waals surface area contributed by atoms with Crippen molar-refractivity contribution < 1.29 is 0 Å². The van der Waals surface area contributed by atoms with Crippen LogP contribution in [0.1, 0.15) is 11.6 Å². The Hall–Kier alpha value is -2.48. The zero-order chi connectivity index (χ0) is 16.7. The molecule has 0 radical (unpaired) electrons. The number of rotatable bonds is 5. The van der Waals surface area contributed by atoms with Crippen molar-refractivity contribution in [3.8, 4) is 0 Å². The number of aryl methyl sites for hydroxylation is 2. The molecule has 24 heavy (non-hydrogen) atoms. The van der Waals surface area contributed by atoms with Crippen LogP contribution in [0.3, 0.4) is 0 Å². The highest BCUT2D eigenvalue weighted by Gasteiger charge is 2.31. The third kappa shape index (κ3) is 2.62. The first kappa shape index (κ1) is 15.1. The maximum absolute atomic E-state index is 4.63. The molecule has 4 heterocycles. The number of likely N-dealkylation sites (N-methyl/N-ethyl adjacent to an activating group) is 1. The van der Waals surface area contributed by atoms with Crippen LogP contribution in [-0.2, 0) is 13.5 Å². The van der Waals surface area contributed by atoms with Gasteiger partial charge in [-0.15, -0.1) is 15.3 Å². The summed E-state index contributed by atoms with van der Waals surface area (Å²) in [6, 6.07) is 4.55. The lowest BCUT2D eigenvalue weighted by atomic mass is 10.1. The number of aromatic nitrogens is 6. The van der Waals surface area contributed by atoms with Gasteiger partial charge < -0.3 is 9.47 Å². The van der Waals surface area contributed by atoms with Crippen LogP contribution in [0.25, 0.3) is 5.65 Å². The lowest BCUT2D eigenvalue weighted by molar-refractivity contribution is 0.205. The molecule has 0 N–H and O–H groups in total. The lowest BCUT2D eigenvalue weighted by Gasteiger charge is -2.44. The molecule has 126 valence electrons. The second kappa shape index (κ2) is 5.86. The molecule has 0 spiro atoms. The Morgan fingerprint density at radius 3 is 2.83 bits per heavy atom. The monoisotopic (exact) mass is 326 g/mol. The average Bonchev–Trinajstić information content (AvgIpc) is 3.10. The number of imidazole rings is 1. The van der Waals surface area contributed by atoms with Gasteiger partial charge >= 0.3 is 0 Å². The molecule has 0 bridgehead atoms. The van der Waals surface area contributed by atoms with Crippen molar-refractivity contribution in [2.75, 3.05) is 31.6 Å². The van der Waals surface area contributed by atoms with Gasteiger partial charge in [0.2, 0.25) is 0 Å². The molecule has 3 aromatic rings. The largest absolute Gasteiger partial charge is 0.352 e. The van der Waals surface area contributed by atoms with Crippen LogP contribution in [0.2, 0.25) is 0 Å². The number of nitrogens with zero attached hydrogens (tertiary/aromatic N) is 8. The highest BCUT2D eigenvalue weighted by atomic mass is 15.4. The van der Waals surface area contributed by atoms with E-state index in [0.717, 1.165) is 49.2 Å². The average molecular weight is 326 g/mol. The van der Waals surface area contributed by atoms with Crippen LogP contribution in [0.5, 0.6) is 0 Å². The van der Waals surface area contributed by atoms with Crippen LogP contribution in [0.15, 0.2) is 24.5 Å². The van der Waals surface area contributed by atoms with Crippen molar-refractivity contribution in [1.82, 2.24) is 34.3 Å². The highest BCUT2D eigenvalue weighted by Crippen LogP contribution is 2.21. The van der Waals surface area contributed by atoms with E-state index in [2.05, 4.69) is 41.7 Å². The van der Waals surface area contributed by atoms with Crippen molar-refractivity contribution in [2.45, 2.75) is 19.4 Å². The summed E-state index contributed by atoms with van der Waals surface area (Å²) in [5.74, 6) is 2.93. The van der Waals surface area contributed by atoms with E-state index in [4.69, 9.17) is 0 Å². The zero-order valence-electron chi connectivity index (χ0n) is 14.3. The smallest absolute Gasteiger partial charge is 0.178 e. The third-order valence-electron chi connectivity index (χ3n) is 4.82. The fraction of sp³-hybridized carbons (Fsp3) is 0.500. The molecule has 4 rings (SSSR count). The quantitative estimate of drug-likeness (QED) is 0.681. The van der Waals surface area contributed by atoms with E-state index in [0.29, 0.717) is 6.04 Å². The van der Waals surface area contributed by atoms with Gasteiger partial charge in [0.1, 0.15) is 11.6 Å². The Morgan fingerprint density at radius 2 is 2.08 bits per heavy atom. The summed E-state index contributed by atoms with van der Waals surface area (Å²) in [7, 11) is 4.23. The van der Waals surface area contributed by atoms with Crippen molar-refractivity contribution in [3.63, 3.8) is 0 Å². The zero-order valence-corrected chi connectivity index (χ0v) is 14.3. The van der Waals surface area contributed by atoms with E-state index in [-0.39, 0.29) is 0 Å². The van der Waals surface area contributed by atoms with Gasteiger partial charge in [-0.3, -0.25) is 4.90 Å². The lowest BCUT2D eigenvalue weighted by Crippen LogP contribution is -2.59. The van der Waals surface area contributed by atoms with Crippen molar-refractivity contribution in [2.24, 2.45) is 7.05 Å². The van der Waals surface area contributed by atoms with Crippen LogP contribution < -0.4 is 4.90 Å². The normalized spacial score (nSPS) is 15.4. The molecule has 1 aliphatic rings. The van der Waals surface area contributed by atoms with Gasteiger partial charge in [0.15, 0.2) is 11.5 Å². The summed E-state index contributed by atoms with van der Waals surface area (Å²) in [5.41, 5.74) is 0.792.